The molecule has 0 spiro atoms. The first kappa shape index (κ1) is 13.4. The van der Waals surface area contributed by atoms with Crippen LogP contribution in [0, 0.1) is 0 Å². The number of unbranched alkanes of at least 4 members (excludes halogenated alkanes) is 1. The van der Waals surface area contributed by atoms with E-state index in [-0.39, 0.29) is 5.97 Å². The maximum absolute atomic E-state index is 11.3. The normalized spacial score (nSPS) is 10.1. The summed E-state index contributed by atoms with van der Waals surface area (Å²) in [5.41, 5.74) is 0. The van der Waals surface area contributed by atoms with Crippen molar-refractivity contribution in [2.45, 2.75) is 24.7 Å². The maximum Gasteiger partial charge on any atom is 0.316 e. The molecule has 0 amide bonds. The Labute approximate surface area is 105 Å². The SMILES string of the molecule is CCCCOC(=O)CSc1ccccc1Cl. The van der Waals surface area contributed by atoms with E-state index in [1.165, 1.54) is 11.8 Å². The van der Waals surface area contributed by atoms with E-state index in [0.29, 0.717) is 17.4 Å². The standard InChI is InChI=1S/C12H15ClO2S/c1-2-3-8-15-12(14)9-16-11-7-5-4-6-10(11)13/h4-7H,2-3,8-9H2,1H3. The minimum absolute atomic E-state index is 0.182. The zero-order valence-corrected chi connectivity index (χ0v) is 10.8. The predicted octanol–water partition coefficient (Wildman–Crippen LogP) is 3.78. The van der Waals surface area contributed by atoms with Crippen molar-refractivity contribution in [3.05, 3.63) is 29.3 Å². The minimum Gasteiger partial charge on any atom is -0.465 e. The Morgan fingerprint density at radius 2 is 2.19 bits per heavy atom. The quantitative estimate of drug-likeness (QED) is 0.441. The van der Waals surface area contributed by atoms with Crippen LogP contribution in [0.25, 0.3) is 0 Å². The molecule has 4 heteroatoms. The minimum atomic E-state index is -0.182. The Morgan fingerprint density at radius 3 is 2.88 bits per heavy atom. The first-order valence-corrected chi connectivity index (χ1v) is 6.63. The largest absolute Gasteiger partial charge is 0.465 e. The van der Waals surface area contributed by atoms with Gasteiger partial charge in [0.25, 0.3) is 0 Å². The van der Waals surface area contributed by atoms with Crippen LogP contribution in [-0.4, -0.2) is 18.3 Å². The molecular formula is C12H15ClO2S. The average molecular weight is 259 g/mol. The highest BCUT2D eigenvalue weighted by Gasteiger charge is 2.05. The van der Waals surface area contributed by atoms with Gasteiger partial charge in [0, 0.05) is 4.90 Å². The monoisotopic (exact) mass is 258 g/mol. The van der Waals surface area contributed by atoms with Crippen molar-refractivity contribution in [3.8, 4) is 0 Å². The number of carbonyl (C=O) groups excluding carboxylic acids is 1. The smallest absolute Gasteiger partial charge is 0.316 e. The van der Waals surface area contributed by atoms with Gasteiger partial charge < -0.3 is 4.74 Å². The fourth-order valence-electron chi connectivity index (χ4n) is 1.07. The second-order valence-electron chi connectivity index (χ2n) is 3.29. The third-order valence-corrected chi connectivity index (χ3v) is 3.43. The van der Waals surface area contributed by atoms with Crippen molar-refractivity contribution in [3.63, 3.8) is 0 Å². The molecule has 0 aromatic heterocycles. The highest BCUT2D eigenvalue weighted by molar-refractivity contribution is 8.00. The summed E-state index contributed by atoms with van der Waals surface area (Å²) >= 11 is 7.37. The van der Waals surface area contributed by atoms with E-state index >= 15 is 0 Å². The van der Waals surface area contributed by atoms with E-state index in [4.69, 9.17) is 16.3 Å². The second-order valence-corrected chi connectivity index (χ2v) is 4.72. The van der Waals surface area contributed by atoms with Gasteiger partial charge in [-0.2, -0.15) is 0 Å². The molecule has 0 aliphatic heterocycles. The van der Waals surface area contributed by atoms with Crippen molar-refractivity contribution in [2.24, 2.45) is 0 Å². The number of ether oxygens (including phenoxy) is 1. The summed E-state index contributed by atoms with van der Waals surface area (Å²) in [5.74, 6) is 0.131. The summed E-state index contributed by atoms with van der Waals surface area (Å²) in [4.78, 5) is 12.2. The molecule has 0 unspecified atom stereocenters. The Balaban J connectivity index is 2.29. The second kappa shape index (κ2) is 7.58. The molecule has 0 aliphatic carbocycles. The molecule has 1 aromatic carbocycles. The van der Waals surface area contributed by atoms with Crippen LogP contribution >= 0.6 is 23.4 Å². The highest BCUT2D eigenvalue weighted by Crippen LogP contribution is 2.26. The Kier molecular flexibility index (Phi) is 6.34. The van der Waals surface area contributed by atoms with E-state index in [1.54, 1.807) is 0 Å². The highest BCUT2D eigenvalue weighted by atomic mass is 35.5. The van der Waals surface area contributed by atoms with Crippen LogP contribution in [0.2, 0.25) is 5.02 Å². The predicted molar refractivity (Wildman–Crippen MR) is 68.0 cm³/mol. The number of halogens is 1. The molecule has 0 bridgehead atoms. The average Bonchev–Trinajstić information content (AvgIpc) is 2.28. The van der Waals surface area contributed by atoms with Crippen LogP contribution in [0.1, 0.15) is 19.8 Å². The van der Waals surface area contributed by atoms with Gasteiger partial charge >= 0.3 is 5.97 Å². The zero-order valence-electron chi connectivity index (χ0n) is 9.24. The van der Waals surface area contributed by atoms with Gasteiger partial charge in [0.1, 0.15) is 0 Å². The molecule has 1 aromatic rings. The summed E-state index contributed by atoms with van der Waals surface area (Å²) in [5, 5.41) is 0.675. The van der Waals surface area contributed by atoms with Gasteiger partial charge in [-0.1, -0.05) is 37.1 Å². The van der Waals surface area contributed by atoms with E-state index < -0.39 is 0 Å². The summed E-state index contributed by atoms with van der Waals surface area (Å²) in [7, 11) is 0. The maximum atomic E-state index is 11.3. The molecule has 0 saturated carbocycles. The molecule has 0 fully saturated rings. The van der Waals surface area contributed by atoms with Crippen LogP contribution in [-0.2, 0) is 9.53 Å². The van der Waals surface area contributed by atoms with Gasteiger partial charge in [-0.05, 0) is 18.6 Å². The zero-order chi connectivity index (χ0) is 11.8. The van der Waals surface area contributed by atoms with Gasteiger partial charge in [0.05, 0.1) is 17.4 Å². The van der Waals surface area contributed by atoms with E-state index in [2.05, 4.69) is 6.92 Å². The number of hydrogen-bond acceptors (Lipinski definition) is 3. The lowest BCUT2D eigenvalue weighted by Gasteiger charge is -2.04. The van der Waals surface area contributed by atoms with Crippen molar-refractivity contribution in [1.29, 1.82) is 0 Å². The Hall–Kier alpha value is -0.670. The number of benzene rings is 1. The molecule has 16 heavy (non-hydrogen) atoms. The van der Waals surface area contributed by atoms with Gasteiger partial charge in [0.15, 0.2) is 0 Å². The molecule has 0 atom stereocenters. The number of rotatable bonds is 6. The fraction of sp³-hybridized carbons (Fsp3) is 0.417. The third-order valence-electron chi connectivity index (χ3n) is 1.94. The van der Waals surface area contributed by atoms with Gasteiger partial charge in [-0.25, -0.2) is 0 Å². The molecular weight excluding hydrogens is 244 g/mol. The van der Waals surface area contributed by atoms with Crippen molar-refractivity contribution in [1.82, 2.24) is 0 Å². The molecule has 0 aliphatic rings. The van der Waals surface area contributed by atoms with Crippen LogP contribution in [0.4, 0.5) is 0 Å². The number of thioether (sulfide) groups is 1. The number of carbonyl (C=O) groups is 1. The number of hydrogen-bond donors (Lipinski definition) is 0. The van der Waals surface area contributed by atoms with E-state index in [0.717, 1.165) is 17.7 Å². The molecule has 0 radical (unpaired) electrons. The Morgan fingerprint density at radius 1 is 1.44 bits per heavy atom. The molecule has 0 heterocycles. The van der Waals surface area contributed by atoms with Gasteiger partial charge in [0.2, 0.25) is 0 Å². The van der Waals surface area contributed by atoms with Crippen molar-refractivity contribution < 1.29 is 9.53 Å². The van der Waals surface area contributed by atoms with Crippen molar-refractivity contribution >= 4 is 29.3 Å². The van der Waals surface area contributed by atoms with Crippen LogP contribution < -0.4 is 0 Å². The van der Waals surface area contributed by atoms with Gasteiger partial charge in [-0.3, -0.25) is 4.79 Å². The first-order valence-electron chi connectivity index (χ1n) is 5.27. The Bertz CT molecular complexity index is 342. The number of esters is 1. The molecule has 0 saturated heterocycles. The summed E-state index contributed by atoms with van der Waals surface area (Å²) in [6, 6.07) is 7.47. The van der Waals surface area contributed by atoms with Gasteiger partial charge in [-0.15, -0.1) is 11.8 Å². The molecule has 2 nitrogen and oxygen atoms in total. The topological polar surface area (TPSA) is 26.3 Å². The lowest BCUT2D eigenvalue weighted by Crippen LogP contribution is -2.08. The lowest BCUT2D eigenvalue weighted by molar-refractivity contribution is -0.140. The van der Waals surface area contributed by atoms with E-state index in [1.807, 2.05) is 24.3 Å². The molecule has 0 N–H and O–H groups in total. The van der Waals surface area contributed by atoms with Crippen LogP contribution in [0.5, 0.6) is 0 Å². The van der Waals surface area contributed by atoms with Crippen LogP contribution in [0.3, 0.4) is 0 Å². The molecule has 1 rings (SSSR count). The fourth-order valence-corrected chi connectivity index (χ4v) is 2.11. The summed E-state index contributed by atoms with van der Waals surface area (Å²) < 4.78 is 5.04. The third kappa shape index (κ3) is 4.90. The summed E-state index contributed by atoms with van der Waals surface area (Å²) in [6.07, 6.45) is 1.95. The first-order chi connectivity index (χ1) is 7.74. The van der Waals surface area contributed by atoms with Crippen molar-refractivity contribution in [2.75, 3.05) is 12.4 Å². The van der Waals surface area contributed by atoms with Crippen LogP contribution in [0.15, 0.2) is 29.2 Å². The lowest BCUT2D eigenvalue weighted by atomic mass is 10.4. The molecule has 88 valence electrons. The summed E-state index contributed by atoms with van der Waals surface area (Å²) in [6.45, 7) is 2.57. The van der Waals surface area contributed by atoms with E-state index in [9.17, 15) is 4.79 Å².